The molecule has 0 heterocycles. The van der Waals surface area contributed by atoms with Gasteiger partial charge in [-0.15, -0.1) is 0 Å². The summed E-state index contributed by atoms with van der Waals surface area (Å²) in [6.45, 7) is 0. The fourth-order valence-corrected chi connectivity index (χ4v) is 3.62. The highest BCUT2D eigenvalue weighted by atomic mass is 79.9. The molecular weight excluding hydrogens is 296 g/mol. The van der Waals surface area contributed by atoms with Crippen LogP contribution in [-0.4, -0.2) is 17.3 Å². The maximum Gasteiger partial charge on any atom is 0.172 e. The second kappa shape index (κ2) is 6.60. The van der Waals surface area contributed by atoms with Crippen LogP contribution in [0.15, 0.2) is 28.7 Å². The van der Waals surface area contributed by atoms with E-state index in [-0.39, 0.29) is 5.78 Å². The number of rotatable bonds is 5. The topological polar surface area (TPSA) is 17.1 Å². The van der Waals surface area contributed by atoms with Gasteiger partial charge >= 0.3 is 0 Å². The Bertz CT molecular complexity index is 368. The highest BCUT2D eigenvalue weighted by Gasteiger charge is 2.15. The Morgan fingerprint density at radius 3 is 2.53 bits per heavy atom. The first-order valence-corrected chi connectivity index (χ1v) is 8.07. The standard InChI is InChI=1S/C14H17BrOS/c15-13-7-5-12(6-8-13)14(16)10-17-9-11-3-1-2-4-11/h5-8,11H,1-4,9-10H2. The summed E-state index contributed by atoms with van der Waals surface area (Å²) in [4.78, 5) is 11.9. The van der Waals surface area contributed by atoms with Gasteiger partial charge in [-0.1, -0.05) is 40.9 Å². The SMILES string of the molecule is O=C(CSCC1CCCC1)c1ccc(Br)cc1. The van der Waals surface area contributed by atoms with Crippen LogP contribution in [0, 0.1) is 5.92 Å². The molecule has 1 fully saturated rings. The van der Waals surface area contributed by atoms with Crippen LogP contribution in [0.3, 0.4) is 0 Å². The molecule has 0 amide bonds. The third-order valence-electron chi connectivity index (χ3n) is 3.23. The van der Waals surface area contributed by atoms with Crippen molar-refractivity contribution in [2.24, 2.45) is 5.92 Å². The second-order valence-electron chi connectivity index (χ2n) is 4.60. The number of Topliss-reactive ketones (excluding diaryl/α,β-unsaturated/α-hetero) is 1. The van der Waals surface area contributed by atoms with E-state index < -0.39 is 0 Å². The molecule has 1 nitrogen and oxygen atoms in total. The summed E-state index contributed by atoms with van der Waals surface area (Å²) in [5.74, 6) is 2.89. The van der Waals surface area contributed by atoms with Gasteiger partial charge in [0.15, 0.2) is 5.78 Å². The zero-order chi connectivity index (χ0) is 12.1. The van der Waals surface area contributed by atoms with Gasteiger partial charge in [0.25, 0.3) is 0 Å². The van der Waals surface area contributed by atoms with Crippen LogP contribution in [-0.2, 0) is 0 Å². The molecule has 1 aliphatic rings. The third-order valence-corrected chi connectivity index (χ3v) is 4.93. The van der Waals surface area contributed by atoms with Crippen molar-refractivity contribution in [1.29, 1.82) is 0 Å². The van der Waals surface area contributed by atoms with Gasteiger partial charge in [-0.2, -0.15) is 11.8 Å². The van der Waals surface area contributed by atoms with Gasteiger partial charge in [-0.05, 0) is 36.6 Å². The van der Waals surface area contributed by atoms with E-state index in [9.17, 15) is 4.79 Å². The number of carbonyl (C=O) groups excluding carboxylic acids is 1. The van der Waals surface area contributed by atoms with Crippen molar-refractivity contribution < 1.29 is 4.79 Å². The minimum atomic E-state index is 0.250. The number of hydrogen-bond donors (Lipinski definition) is 0. The molecular formula is C14H17BrOS. The molecule has 0 spiro atoms. The Morgan fingerprint density at radius 1 is 1.24 bits per heavy atom. The molecule has 0 bridgehead atoms. The minimum Gasteiger partial charge on any atom is -0.293 e. The molecule has 0 aliphatic heterocycles. The van der Waals surface area contributed by atoms with Crippen LogP contribution in [0.1, 0.15) is 36.0 Å². The zero-order valence-corrected chi connectivity index (χ0v) is 12.2. The maximum atomic E-state index is 11.9. The Morgan fingerprint density at radius 2 is 1.88 bits per heavy atom. The van der Waals surface area contributed by atoms with Gasteiger partial charge in [0, 0.05) is 10.0 Å². The van der Waals surface area contributed by atoms with Crippen LogP contribution in [0.2, 0.25) is 0 Å². The van der Waals surface area contributed by atoms with Crippen molar-refractivity contribution in [2.75, 3.05) is 11.5 Å². The first-order chi connectivity index (χ1) is 8.25. The Balaban J connectivity index is 1.75. The fraction of sp³-hybridized carbons (Fsp3) is 0.500. The molecule has 0 unspecified atom stereocenters. The highest BCUT2D eigenvalue weighted by molar-refractivity contribution is 9.10. The van der Waals surface area contributed by atoms with E-state index in [1.165, 1.54) is 25.7 Å². The summed E-state index contributed by atoms with van der Waals surface area (Å²) in [6.07, 6.45) is 5.48. The molecule has 0 aromatic heterocycles. The monoisotopic (exact) mass is 312 g/mol. The van der Waals surface area contributed by atoms with Gasteiger partial charge in [0.2, 0.25) is 0 Å². The Labute approximate surface area is 115 Å². The lowest BCUT2D eigenvalue weighted by atomic mass is 10.1. The van der Waals surface area contributed by atoms with Crippen molar-refractivity contribution in [2.45, 2.75) is 25.7 Å². The number of ketones is 1. The summed E-state index contributed by atoms with van der Waals surface area (Å²) in [7, 11) is 0. The predicted molar refractivity (Wildman–Crippen MR) is 77.8 cm³/mol. The van der Waals surface area contributed by atoms with E-state index in [1.807, 2.05) is 24.3 Å². The van der Waals surface area contributed by atoms with E-state index in [0.29, 0.717) is 5.75 Å². The third kappa shape index (κ3) is 4.14. The van der Waals surface area contributed by atoms with E-state index in [4.69, 9.17) is 0 Å². The van der Waals surface area contributed by atoms with Gasteiger partial charge in [-0.3, -0.25) is 4.79 Å². The number of halogens is 1. The van der Waals surface area contributed by atoms with Crippen molar-refractivity contribution >= 4 is 33.5 Å². The van der Waals surface area contributed by atoms with Crippen LogP contribution in [0.4, 0.5) is 0 Å². The molecule has 17 heavy (non-hydrogen) atoms. The second-order valence-corrected chi connectivity index (χ2v) is 6.54. The molecule has 3 heteroatoms. The summed E-state index contributed by atoms with van der Waals surface area (Å²) < 4.78 is 1.02. The lowest BCUT2D eigenvalue weighted by molar-refractivity contribution is 0.102. The van der Waals surface area contributed by atoms with Gasteiger partial charge in [0.1, 0.15) is 0 Å². The fourth-order valence-electron chi connectivity index (χ4n) is 2.21. The molecule has 0 saturated heterocycles. The Hall–Kier alpha value is -0.280. The molecule has 2 rings (SSSR count). The summed E-state index contributed by atoms with van der Waals surface area (Å²) in [5, 5.41) is 0. The molecule has 92 valence electrons. The number of thioether (sulfide) groups is 1. The van der Waals surface area contributed by atoms with E-state index in [2.05, 4.69) is 15.9 Å². The average molecular weight is 313 g/mol. The minimum absolute atomic E-state index is 0.250. The van der Waals surface area contributed by atoms with Crippen molar-refractivity contribution in [3.8, 4) is 0 Å². The van der Waals surface area contributed by atoms with Crippen LogP contribution in [0.25, 0.3) is 0 Å². The molecule has 0 N–H and O–H groups in total. The molecule has 1 aromatic carbocycles. The van der Waals surface area contributed by atoms with Crippen LogP contribution >= 0.6 is 27.7 Å². The molecule has 0 radical (unpaired) electrons. The van der Waals surface area contributed by atoms with Gasteiger partial charge in [-0.25, -0.2) is 0 Å². The zero-order valence-electron chi connectivity index (χ0n) is 9.82. The predicted octanol–water partition coefficient (Wildman–Crippen LogP) is 4.56. The van der Waals surface area contributed by atoms with E-state index in [1.54, 1.807) is 11.8 Å². The normalized spacial score (nSPS) is 16.3. The molecule has 1 saturated carbocycles. The van der Waals surface area contributed by atoms with Crippen molar-refractivity contribution in [3.63, 3.8) is 0 Å². The number of carbonyl (C=O) groups is 1. The highest BCUT2D eigenvalue weighted by Crippen LogP contribution is 2.28. The summed E-state index contributed by atoms with van der Waals surface area (Å²) in [5.41, 5.74) is 0.826. The largest absolute Gasteiger partial charge is 0.293 e. The van der Waals surface area contributed by atoms with E-state index >= 15 is 0 Å². The molecule has 1 aliphatic carbocycles. The first-order valence-electron chi connectivity index (χ1n) is 6.12. The van der Waals surface area contributed by atoms with Crippen LogP contribution < -0.4 is 0 Å². The molecule has 1 aromatic rings. The van der Waals surface area contributed by atoms with Crippen LogP contribution in [0.5, 0.6) is 0 Å². The lowest BCUT2D eigenvalue weighted by Gasteiger charge is -2.07. The van der Waals surface area contributed by atoms with Crippen molar-refractivity contribution in [1.82, 2.24) is 0 Å². The van der Waals surface area contributed by atoms with Gasteiger partial charge < -0.3 is 0 Å². The maximum absolute atomic E-state index is 11.9. The number of hydrogen-bond acceptors (Lipinski definition) is 2. The number of benzene rings is 1. The summed E-state index contributed by atoms with van der Waals surface area (Å²) >= 11 is 5.17. The molecule has 0 atom stereocenters. The van der Waals surface area contributed by atoms with E-state index in [0.717, 1.165) is 21.7 Å². The average Bonchev–Trinajstić information content (AvgIpc) is 2.83. The summed E-state index contributed by atoms with van der Waals surface area (Å²) in [6, 6.07) is 7.63. The smallest absolute Gasteiger partial charge is 0.172 e. The quantitative estimate of drug-likeness (QED) is 0.742. The van der Waals surface area contributed by atoms with Crippen molar-refractivity contribution in [3.05, 3.63) is 34.3 Å². The van der Waals surface area contributed by atoms with Gasteiger partial charge in [0.05, 0.1) is 5.75 Å². The Kier molecular flexibility index (Phi) is 5.11. The first kappa shape index (κ1) is 13.2. The lowest BCUT2D eigenvalue weighted by Crippen LogP contribution is -2.05.